The van der Waals surface area contributed by atoms with E-state index >= 15 is 0 Å². The first-order valence-electron chi connectivity index (χ1n) is 8.91. The summed E-state index contributed by atoms with van der Waals surface area (Å²) in [6.45, 7) is 1.23. The van der Waals surface area contributed by atoms with Crippen LogP contribution >= 0.6 is 23.6 Å². The first-order valence-corrected chi connectivity index (χ1v) is 10.1. The molecule has 0 saturated carbocycles. The fourth-order valence-electron chi connectivity index (χ4n) is 3.03. The summed E-state index contributed by atoms with van der Waals surface area (Å²) in [5.74, 6) is 0.262. The number of carbonyl (C=O) groups is 1. The van der Waals surface area contributed by atoms with Crippen molar-refractivity contribution in [2.24, 2.45) is 4.99 Å². The number of hydrogen-bond donors (Lipinski definition) is 1. The number of thiazole rings is 1. The molecule has 0 aliphatic carbocycles. The van der Waals surface area contributed by atoms with Crippen molar-refractivity contribution in [2.75, 3.05) is 27.9 Å². The third kappa shape index (κ3) is 4.60. The van der Waals surface area contributed by atoms with E-state index in [-0.39, 0.29) is 17.5 Å². The molecule has 1 saturated heterocycles. The molecule has 0 bridgehead atoms. The Morgan fingerprint density at radius 3 is 2.72 bits per heavy atom. The molecular weight excluding hydrogens is 416 g/mol. The average Bonchev–Trinajstić information content (AvgIpc) is 3.34. The van der Waals surface area contributed by atoms with Crippen molar-refractivity contribution >= 4 is 41.4 Å². The summed E-state index contributed by atoms with van der Waals surface area (Å²) in [6, 6.07) is 3.07. The number of rotatable bonds is 7. The van der Waals surface area contributed by atoms with Gasteiger partial charge in [-0.1, -0.05) is 11.3 Å². The second-order valence-electron chi connectivity index (χ2n) is 6.28. The summed E-state index contributed by atoms with van der Waals surface area (Å²) < 4.78 is 23.2. The molecule has 2 heterocycles. The standard InChI is InChI=1S/C19H22N2O6S2/c1-24-14-7-12(18(23)26-3)13(8-15(14)25-2)20-9-16-17(22)21(19(28)29-16)10-11-5-4-6-27-11/h7-9,11,22H,4-6,10H2,1-3H3. The molecular formula is C19H22N2O6S2. The Hall–Kier alpha value is -2.43. The Kier molecular flexibility index (Phi) is 6.88. The van der Waals surface area contributed by atoms with E-state index in [1.165, 1.54) is 44.9 Å². The van der Waals surface area contributed by atoms with Crippen molar-refractivity contribution in [3.05, 3.63) is 26.5 Å². The summed E-state index contributed by atoms with van der Waals surface area (Å²) in [7, 11) is 4.25. The molecule has 0 spiro atoms. The maximum Gasteiger partial charge on any atom is 0.340 e. The number of aliphatic imine (C=N–C) groups is 1. The number of carbonyl (C=O) groups excluding carboxylic acids is 1. The number of nitrogens with zero attached hydrogens (tertiary/aromatic N) is 2. The van der Waals surface area contributed by atoms with Crippen LogP contribution in [0.1, 0.15) is 28.1 Å². The van der Waals surface area contributed by atoms with E-state index in [1.54, 1.807) is 10.6 Å². The molecule has 156 valence electrons. The highest BCUT2D eigenvalue weighted by molar-refractivity contribution is 7.73. The Labute approximate surface area is 177 Å². The van der Waals surface area contributed by atoms with Crippen LogP contribution in [0.4, 0.5) is 5.69 Å². The molecule has 10 heteroatoms. The second kappa shape index (κ2) is 9.38. The van der Waals surface area contributed by atoms with Gasteiger partial charge in [-0.15, -0.1) is 0 Å². The van der Waals surface area contributed by atoms with Crippen molar-refractivity contribution in [2.45, 2.75) is 25.5 Å². The third-order valence-electron chi connectivity index (χ3n) is 4.53. The van der Waals surface area contributed by atoms with Gasteiger partial charge in [0.2, 0.25) is 5.88 Å². The summed E-state index contributed by atoms with van der Waals surface area (Å²) in [4.78, 5) is 17.0. The van der Waals surface area contributed by atoms with Gasteiger partial charge in [0, 0.05) is 18.7 Å². The molecule has 1 aromatic heterocycles. The van der Waals surface area contributed by atoms with E-state index in [1.807, 2.05) is 0 Å². The molecule has 0 radical (unpaired) electrons. The molecule has 1 N–H and O–H groups in total. The lowest BCUT2D eigenvalue weighted by Gasteiger charge is -2.11. The van der Waals surface area contributed by atoms with Gasteiger partial charge in [0.15, 0.2) is 15.5 Å². The summed E-state index contributed by atoms with van der Waals surface area (Å²) in [5, 5.41) is 10.6. The minimum atomic E-state index is -0.564. The van der Waals surface area contributed by atoms with Crippen LogP contribution in [0.2, 0.25) is 0 Å². The van der Waals surface area contributed by atoms with Crippen LogP contribution < -0.4 is 9.47 Å². The van der Waals surface area contributed by atoms with Crippen LogP contribution in [0.25, 0.3) is 0 Å². The van der Waals surface area contributed by atoms with E-state index < -0.39 is 5.97 Å². The first-order chi connectivity index (χ1) is 14.0. The van der Waals surface area contributed by atoms with Gasteiger partial charge in [-0.05, 0) is 25.1 Å². The Balaban J connectivity index is 1.95. The summed E-state index contributed by atoms with van der Waals surface area (Å²) in [5.41, 5.74) is 0.530. The zero-order chi connectivity index (χ0) is 21.0. The fraction of sp³-hybridized carbons (Fsp3) is 0.421. The molecule has 1 fully saturated rings. The van der Waals surface area contributed by atoms with Crippen LogP contribution in [0.3, 0.4) is 0 Å². The Morgan fingerprint density at radius 1 is 1.38 bits per heavy atom. The van der Waals surface area contributed by atoms with Crippen molar-refractivity contribution < 1.29 is 28.8 Å². The van der Waals surface area contributed by atoms with Crippen LogP contribution in [-0.4, -0.2) is 55.9 Å². The highest BCUT2D eigenvalue weighted by Crippen LogP contribution is 2.36. The minimum Gasteiger partial charge on any atom is -0.493 e. The fourth-order valence-corrected chi connectivity index (χ4v) is 4.22. The zero-order valence-electron chi connectivity index (χ0n) is 16.3. The molecule has 1 aliphatic heterocycles. The predicted octanol–water partition coefficient (Wildman–Crippen LogP) is 3.72. The van der Waals surface area contributed by atoms with E-state index in [9.17, 15) is 9.90 Å². The van der Waals surface area contributed by atoms with Gasteiger partial charge in [0.05, 0.1) is 51.4 Å². The highest BCUT2D eigenvalue weighted by Gasteiger charge is 2.20. The SMILES string of the molecule is COC(=O)c1cc(OC)c(OC)cc1N=Cc1sc(=S)n(CC2CCCO2)c1O. The zero-order valence-corrected chi connectivity index (χ0v) is 18.0. The lowest BCUT2D eigenvalue weighted by atomic mass is 10.1. The molecule has 2 aromatic rings. The topological polar surface area (TPSA) is 91.5 Å². The van der Waals surface area contributed by atoms with E-state index in [4.69, 9.17) is 31.2 Å². The molecule has 8 nitrogen and oxygen atoms in total. The molecule has 1 aromatic carbocycles. The normalized spacial score (nSPS) is 16.3. The van der Waals surface area contributed by atoms with Gasteiger partial charge in [-0.3, -0.25) is 9.56 Å². The lowest BCUT2D eigenvalue weighted by molar-refractivity contribution is 0.0601. The second-order valence-corrected chi connectivity index (χ2v) is 7.95. The van der Waals surface area contributed by atoms with Crippen LogP contribution in [0.5, 0.6) is 17.4 Å². The number of ether oxygens (including phenoxy) is 4. The maximum atomic E-state index is 12.2. The van der Waals surface area contributed by atoms with E-state index in [2.05, 4.69) is 4.99 Å². The highest BCUT2D eigenvalue weighted by atomic mass is 32.1. The van der Waals surface area contributed by atoms with Gasteiger partial charge in [0.25, 0.3) is 0 Å². The third-order valence-corrected chi connectivity index (χ3v) is 5.91. The average molecular weight is 439 g/mol. The number of esters is 1. The van der Waals surface area contributed by atoms with Gasteiger partial charge in [0.1, 0.15) is 4.88 Å². The molecule has 1 aliphatic rings. The quantitative estimate of drug-likeness (QED) is 0.400. The van der Waals surface area contributed by atoms with Crippen LogP contribution in [0, 0.1) is 3.95 Å². The van der Waals surface area contributed by atoms with Crippen LogP contribution in [-0.2, 0) is 16.0 Å². The minimum absolute atomic E-state index is 0.0272. The molecule has 1 atom stereocenters. The van der Waals surface area contributed by atoms with E-state index in [0.717, 1.165) is 19.4 Å². The molecule has 1 unspecified atom stereocenters. The van der Waals surface area contributed by atoms with Crippen LogP contribution in [0.15, 0.2) is 17.1 Å². The van der Waals surface area contributed by atoms with Crippen molar-refractivity contribution in [3.8, 4) is 17.4 Å². The van der Waals surface area contributed by atoms with Gasteiger partial charge >= 0.3 is 5.97 Å². The predicted molar refractivity (Wildman–Crippen MR) is 112 cm³/mol. The molecule has 29 heavy (non-hydrogen) atoms. The number of methoxy groups -OCH3 is 3. The summed E-state index contributed by atoms with van der Waals surface area (Å²) >= 11 is 6.61. The number of aromatic hydroxyl groups is 1. The summed E-state index contributed by atoms with van der Waals surface area (Å²) in [6.07, 6.45) is 3.46. The lowest BCUT2D eigenvalue weighted by Crippen LogP contribution is -2.14. The van der Waals surface area contributed by atoms with Gasteiger partial charge in [-0.25, -0.2) is 4.79 Å². The first kappa shape index (κ1) is 21.3. The number of benzene rings is 1. The molecule has 3 rings (SSSR count). The number of hydrogen-bond acceptors (Lipinski definition) is 9. The van der Waals surface area contributed by atoms with Gasteiger partial charge in [-0.2, -0.15) is 0 Å². The van der Waals surface area contributed by atoms with Gasteiger partial charge < -0.3 is 24.1 Å². The van der Waals surface area contributed by atoms with Crippen molar-refractivity contribution in [1.82, 2.24) is 4.57 Å². The van der Waals surface area contributed by atoms with Crippen molar-refractivity contribution in [1.29, 1.82) is 0 Å². The molecule has 0 amide bonds. The smallest absolute Gasteiger partial charge is 0.340 e. The Bertz CT molecular complexity index is 976. The largest absolute Gasteiger partial charge is 0.493 e. The number of aromatic nitrogens is 1. The van der Waals surface area contributed by atoms with E-state index in [0.29, 0.717) is 32.6 Å². The Morgan fingerprint density at radius 2 is 2.10 bits per heavy atom. The maximum absolute atomic E-state index is 12.2. The monoisotopic (exact) mass is 438 g/mol. The van der Waals surface area contributed by atoms with Crippen molar-refractivity contribution in [3.63, 3.8) is 0 Å².